The van der Waals surface area contributed by atoms with E-state index in [-0.39, 0.29) is 0 Å². The Morgan fingerprint density at radius 2 is 2.40 bits per heavy atom. The summed E-state index contributed by atoms with van der Waals surface area (Å²) in [6.45, 7) is 2.14. The van der Waals surface area contributed by atoms with E-state index in [4.69, 9.17) is 0 Å². The quantitative estimate of drug-likeness (QED) is 0.686. The molecule has 1 rings (SSSR count). The molecule has 0 aliphatic heterocycles. The van der Waals surface area contributed by atoms with Crippen LogP contribution < -0.4 is 5.32 Å². The second-order valence-corrected chi connectivity index (χ2v) is 5.50. The first-order valence-corrected chi connectivity index (χ1v) is 6.83. The van der Waals surface area contributed by atoms with Crippen molar-refractivity contribution in [3.63, 3.8) is 0 Å². The van der Waals surface area contributed by atoms with Crippen LogP contribution in [0.1, 0.15) is 32.6 Å². The fraction of sp³-hybridized carbons (Fsp3) is 0.909. The maximum absolute atomic E-state index is 11.3. The average molecular weight is 231 g/mol. The van der Waals surface area contributed by atoms with E-state index in [1.165, 1.54) is 0 Å². The van der Waals surface area contributed by atoms with E-state index in [1.54, 1.807) is 7.05 Å². The van der Waals surface area contributed by atoms with Gasteiger partial charge in [0, 0.05) is 0 Å². The molecular formula is C11H21NO2S. The minimum absolute atomic E-state index is 0.305. The molecule has 2 unspecified atom stereocenters. The van der Waals surface area contributed by atoms with E-state index in [2.05, 4.69) is 12.2 Å². The van der Waals surface area contributed by atoms with Crippen molar-refractivity contribution in [3.8, 4) is 0 Å². The molecule has 0 bridgehead atoms. The molecule has 3 nitrogen and oxygen atoms in total. The van der Waals surface area contributed by atoms with Crippen molar-refractivity contribution < 1.29 is 9.90 Å². The Morgan fingerprint density at radius 3 is 2.93 bits per heavy atom. The largest absolute Gasteiger partial charge is 0.480 e. The highest BCUT2D eigenvalue weighted by Gasteiger charge is 2.47. The van der Waals surface area contributed by atoms with Crippen LogP contribution in [0.4, 0.5) is 0 Å². The van der Waals surface area contributed by atoms with Gasteiger partial charge < -0.3 is 10.4 Å². The van der Waals surface area contributed by atoms with Crippen LogP contribution in [0.2, 0.25) is 0 Å². The van der Waals surface area contributed by atoms with Gasteiger partial charge in [-0.2, -0.15) is 11.8 Å². The number of nitrogens with one attached hydrogen (secondary N) is 1. The lowest BCUT2D eigenvalue weighted by Gasteiger charge is -2.30. The molecule has 2 N–H and O–H groups in total. The summed E-state index contributed by atoms with van der Waals surface area (Å²) in [6.07, 6.45) is 3.89. The summed E-state index contributed by atoms with van der Waals surface area (Å²) in [6, 6.07) is 0. The molecule has 0 aromatic carbocycles. The number of aliphatic carboxylic acids is 1. The number of hydrogen-bond donors (Lipinski definition) is 2. The summed E-state index contributed by atoms with van der Waals surface area (Å²) in [5.74, 6) is 1.83. The normalized spacial score (nSPS) is 30.7. The molecule has 0 amide bonds. The van der Waals surface area contributed by atoms with E-state index in [0.29, 0.717) is 5.92 Å². The van der Waals surface area contributed by atoms with E-state index >= 15 is 0 Å². The zero-order valence-corrected chi connectivity index (χ0v) is 10.4. The number of carboxylic acid groups (broad SMARTS) is 1. The maximum Gasteiger partial charge on any atom is 0.324 e. The lowest BCUT2D eigenvalue weighted by molar-refractivity contribution is -0.146. The van der Waals surface area contributed by atoms with Gasteiger partial charge in [-0.15, -0.1) is 0 Å². The summed E-state index contributed by atoms with van der Waals surface area (Å²) >= 11 is 1.90. The first-order chi connectivity index (χ1) is 7.17. The monoisotopic (exact) mass is 231 g/mol. The number of carbonyl (C=O) groups is 1. The third kappa shape index (κ3) is 2.67. The van der Waals surface area contributed by atoms with Gasteiger partial charge in [-0.25, -0.2) is 0 Å². The van der Waals surface area contributed by atoms with Gasteiger partial charge in [0.15, 0.2) is 0 Å². The van der Waals surface area contributed by atoms with Crippen molar-refractivity contribution in [2.24, 2.45) is 5.92 Å². The molecule has 1 aliphatic carbocycles. The van der Waals surface area contributed by atoms with Crippen LogP contribution >= 0.6 is 11.8 Å². The van der Waals surface area contributed by atoms with Crippen LogP contribution in [-0.2, 0) is 4.79 Å². The van der Waals surface area contributed by atoms with Gasteiger partial charge in [-0.3, -0.25) is 4.79 Å². The van der Waals surface area contributed by atoms with Gasteiger partial charge in [0.05, 0.1) is 0 Å². The molecule has 1 aliphatic rings. The molecule has 4 heteroatoms. The highest BCUT2D eigenvalue weighted by atomic mass is 32.2. The van der Waals surface area contributed by atoms with Crippen LogP contribution in [0.15, 0.2) is 0 Å². The number of hydrogen-bond acceptors (Lipinski definition) is 3. The second kappa shape index (κ2) is 5.75. The summed E-state index contributed by atoms with van der Waals surface area (Å²) < 4.78 is 0. The molecule has 0 aromatic heterocycles. The average Bonchev–Trinajstić information content (AvgIpc) is 2.62. The second-order valence-electron chi connectivity index (χ2n) is 4.10. The van der Waals surface area contributed by atoms with Crippen molar-refractivity contribution in [1.82, 2.24) is 5.32 Å². The predicted octanol–water partition coefficient (Wildman–Crippen LogP) is 1.97. The molecule has 0 spiro atoms. The number of carboxylic acids is 1. The van der Waals surface area contributed by atoms with Gasteiger partial charge >= 0.3 is 5.97 Å². The standard InChI is InChI=1S/C11H21NO2S/c1-3-15-8-6-9-5-4-7-11(9,12-2)10(13)14/h9,12H,3-8H2,1-2H3,(H,13,14). The molecule has 1 saturated carbocycles. The zero-order valence-electron chi connectivity index (χ0n) is 9.58. The van der Waals surface area contributed by atoms with Crippen molar-refractivity contribution in [3.05, 3.63) is 0 Å². The molecule has 0 radical (unpaired) electrons. The molecule has 0 heterocycles. The smallest absolute Gasteiger partial charge is 0.324 e. The highest BCUT2D eigenvalue weighted by Crippen LogP contribution is 2.38. The Kier molecular flexibility index (Phi) is 4.93. The van der Waals surface area contributed by atoms with E-state index in [1.807, 2.05) is 11.8 Å². The van der Waals surface area contributed by atoms with Crippen LogP contribution in [0.5, 0.6) is 0 Å². The number of rotatable bonds is 6. The number of thioether (sulfide) groups is 1. The van der Waals surface area contributed by atoms with Crippen LogP contribution in [0.3, 0.4) is 0 Å². The lowest BCUT2D eigenvalue weighted by atomic mass is 9.85. The fourth-order valence-corrected chi connectivity index (χ4v) is 3.30. The minimum Gasteiger partial charge on any atom is -0.480 e. The van der Waals surface area contributed by atoms with Crippen LogP contribution in [0, 0.1) is 5.92 Å². The van der Waals surface area contributed by atoms with Gasteiger partial charge in [0.2, 0.25) is 0 Å². The van der Waals surface area contributed by atoms with Crippen molar-refractivity contribution in [2.45, 2.75) is 38.1 Å². The Balaban J connectivity index is 2.57. The summed E-state index contributed by atoms with van der Waals surface area (Å²) in [7, 11) is 1.78. The Labute approximate surface area is 96.0 Å². The third-order valence-electron chi connectivity index (χ3n) is 3.46. The van der Waals surface area contributed by atoms with E-state index < -0.39 is 11.5 Å². The molecule has 0 saturated heterocycles. The van der Waals surface area contributed by atoms with Crippen molar-refractivity contribution in [1.29, 1.82) is 0 Å². The fourth-order valence-electron chi connectivity index (χ4n) is 2.56. The van der Waals surface area contributed by atoms with Gasteiger partial charge in [0.1, 0.15) is 5.54 Å². The van der Waals surface area contributed by atoms with Gasteiger partial charge in [-0.1, -0.05) is 13.3 Å². The molecule has 15 heavy (non-hydrogen) atoms. The van der Waals surface area contributed by atoms with E-state index in [9.17, 15) is 9.90 Å². The van der Waals surface area contributed by atoms with Crippen LogP contribution in [0.25, 0.3) is 0 Å². The third-order valence-corrected chi connectivity index (χ3v) is 4.40. The SMILES string of the molecule is CCSCCC1CCCC1(NC)C(=O)O. The first-order valence-electron chi connectivity index (χ1n) is 5.67. The predicted molar refractivity (Wildman–Crippen MR) is 64.4 cm³/mol. The zero-order chi connectivity index (χ0) is 11.3. The van der Waals surface area contributed by atoms with Crippen molar-refractivity contribution >= 4 is 17.7 Å². The summed E-state index contributed by atoms with van der Waals surface area (Å²) in [5, 5.41) is 12.4. The topological polar surface area (TPSA) is 49.3 Å². The molecular weight excluding hydrogens is 210 g/mol. The first kappa shape index (κ1) is 12.8. The van der Waals surface area contributed by atoms with Gasteiger partial charge in [-0.05, 0) is 43.7 Å². The maximum atomic E-state index is 11.3. The highest BCUT2D eigenvalue weighted by molar-refractivity contribution is 7.99. The molecule has 1 fully saturated rings. The Hall–Kier alpha value is -0.220. The summed E-state index contributed by atoms with van der Waals surface area (Å²) in [4.78, 5) is 11.3. The molecule has 2 atom stereocenters. The van der Waals surface area contributed by atoms with Crippen LogP contribution in [-0.4, -0.2) is 35.2 Å². The minimum atomic E-state index is -0.672. The Morgan fingerprint density at radius 1 is 1.67 bits per heavy atom. The number of likely N-dealkylation sites (N-methyl/N-ethyl adjacent to an activating group) is 1. The van der Waals surface area contributed by atoms with Gasteiger partial charge in [0.25, 0.3) is 0 Å². The lowest BCUT2D eigenvalue weighted by Crippen LogP contribution is -2.53. The molecule has 0 aromatic rings. The van der Waals surface area contributed by atoms with Crippen molar-refractivity contribution in [2.75, 3.05) is 18.6 Å². The molecule has 88 valence electrons. The van der Waals surface area contributed by atoms with E-state index in [0.717, 1.165) is 37.2 Å². The summed E-state index contributed by atoms with van der Waals surface area (Å²) in [5.41, 5.74) is -0.645. The Bertz CT molecular complexity index is 223.